The molecule has 1 aromatic rings. The lowest BCUT2D eigenvalue weighted by Crippen LogP contribution is -2.32. The van der Waals surface area contributed by atoms with Crippen molar-refractivity contribution in [3.63, 3.8) is 0 Å². The Labute approximate surface area is 112 Å². The van der Waals surface area contributed by atoms with Gasteiger partial charge in [0.2, 0.25) is 6.33 Å². The minimum Gasteiger partial charge on any atom is -0.748 e. The van der Waals surface area contributed by atoms with Gasteiger partial charge in [-0.3, -0.25) is 4.55 Å². The second-order valence-electron chi connectivity index (χ2n) is 4.14. The molecule has 1 N–H and O–H groups in total. The molecule has 1 aromatic heterocycles. The molecule has 0 aromatic carbocycles. The van der Waals surface area contributed by atoms with Gasteiger partial charge in [0, 0.05) is 12.2 Å². The molecule has 0 aliphatic heterocycles. The summed E-state index contributed by atoms with van der Waals surface area (Å²) in [4.78, 5) is 0. The molecule has 1 rings (SSSR count). The van der Waals surface area contributed by atoms with Crippen molar-refractivity contribution in [2.75, 3.05) is 11.5 Å². The molecule has 0 aliphatic carbocycles. The van der Waals surface area contributed by atoms with Crippen LogP contribution in [0.2, 0.25) is 0 Å². The van der Waals surface area contributed by atoms with Gasteiger partial charge in [-0.05, 0) is 6.42 Å². The highest BCUT2D eigenvalue weighted by Crippen LogP contribution is 1.94. The molecule has 110 valence electrons. The number of rotatable bonds is 8. The van der Waals surface area contributed by atoms with Gasteiger partial charge in [0.15, 0.2) is 0 Å². The Bertz CT molecular complexity index is 552. The maximum absolute atomic E-state index is 10.5. The summed E-state index contributed by atoms with van der Waals surface area (Å²) in [5, 5.41) is 0. The maximum atomic E-state index is 10.5. The number of nitrogens with zero attached hydrogens (tertiary/aromatic N) is 2. The highest BCUT2D eigenvalue weighted by atomic mass is 32.2. The molecular weight excluding hydrogens is 296 g/mol. The van der Waals surface area contributed by atoms with E-state index in [4.69, 9.17) is 4.55 Å². The smallest absolute Gasteiger partial charge is 0.265 e. The van der Waals surface area contributed by atoms with Crippen molar-refractivity contribution in [1.82, 2.24) is 4.57 Å². The predicted octanol–water partition coefficient (Wildman–Crippen LogP) is -1.01. The third kappa shape index (κ3) is 7.93. The molecule has 0 aliphatic rings. The van der Waals surface area contributed by atoms with Crippen LogP contribution < -0.4 is 4.57 Å². The fraction of sp³-hybridized carbons (Fsp3) is 0.667. The number of imidazole rings is 1. The predicted molar refractivity (Wildman–Crippen MR) is 64.8 cm³/mol. The molecule has 0 spiro atoms. The molecule has 0 atom stereocenters. The first-order valence-corrected chi connectivity index (χ1v) is 8.78. The lowest BCUT2D eigenvalue weighted by Gasteiger charge is -2.04. The van der Waals surface area contributed by atoms with Gasteiger partial charge in [0.1, 0.15) is 12.4 Å². The Balaban J connectivity index is 2.36. The number of hydrogen-bond acceptors (Lipinski definition) is 5. The van der Waals surface area contributed by atoms with Crippen LogP contribution in [0.5, 0.6) is 0 Å². The number of aryl methyl sites for hydroxylation is 2. The van der Waals surface area contributed by atoms with E-state index >= 15 is 0 Å². The fourth-order valence-corrected chi connectivity index (χ4v) is 2.53. The van der Waals surface area contributed by atoms with Gasteiger partial charge in [-0.15, -0.1) is 0 Å². The van der Waals surface area contributed by atoms with Crippen molar-refractivity contribution < 1.29 is 30.5 Å². The van der Waals surface area contributed by atoms with Gasteiger partial charge in [-0.1, -0.05) is 0 Å². The van der Waals surface area contributed by atoms with Gasteiger partial charge in [0.25, 0.3) is 10.1 Å². The van der Waals surface area contributed by atoms with Gasteiger partial charge >= 0.3 is 0 Å². The summed E-state index contributed by atoms with van der Waals surface area (Å²) in [5.41, 5.74) is 0. The molecular formula is C9H16N2O6S2. The summed E-state index contributed by atoms with van der Waals surface area (Å²) in [6, 6.07) is 0. The SMILES string of the molecule is O=S(=O)([O-])CCC[n+]1ccn(CCCS(=O)(=O)O)c1. The van der Waals surface area contributed by atoms with Gasteiger partial charge in [0.05, 0.1) is 29.0 Å². The van der Waals surface area contributed by atoms with E-state index in [-0.39, 0.29) is 18.6 Å². The van der Waals surface area contributed by atoms with Crippen LogP contribution in [-0.4, -0.2) is 42.0 Å². The molecule has 0 amide bonds. The second kappa shape index (κ2) is 6.46. The van der Waals surface area contributed by atoms with Crippen LogP contribution in [0.4, 0.5) is 0 Å². The van der Waals surface area contributed by atoms with E-state index in [2.05, 4.69) is 0 Å². The summed E-state index contributed by atoms with van der Waals surface area (Å²) < 4.78 is 64.3. The first-order valence-electron chi connectivity index (χ1n) is 5.59. The Hall–Kier alpha value is -0.970. The van der Waals surface area contributed by atoms with E-state index in [0.29, 0.717) is 13.1 Å². The average Bonchev–Trinajstić information content (AvgIpc) is 2.62. The summed E-state index contributed by atoms with van der Waals surface area (Å²) >= 11 is 0. The Morgan fingerprint density at radius 3 is 2.42 bits per heavy atom. The van der Waals surface area contributed by atoms with Crippen LogP contribution in [0.1, 0.15) is 12.8 Å². The largest absolute Gasteiger partial charge is 0.748 e. The first-order chi connectivity index (χ1) is 8.66. The zero-order chi connectivity index (χ0) is 14.5. The van der Waals surface area contributed by atoms with E-state index in [9.17, 15) is 21.4 Å². The standard InChI is InChI=1S/C9H16N2O6S2/c12-18(13,14)7-1-3-10-5-6-11(9-10)4-2-8-19(15,16)17/h5-6,9H,1-4,7-8H2,(H-,12,13,14,15,16,17). The molecule has 1 heterocycles. The lowest BCUT2D eigenvalue weighted by molar-refractivity contribution is -0.696. The summed E-state index contributed by atoms with van der Waals surface area (Å²) in [7, 11) is -8.12. The summed E-state index contributed by atoms with van der Waals surface area (Å²) in [5.74, 6) is -0.715. The van der Waals surface area contributed by atoms with Crippen molar-refractivity contribution in [3.8, 4) is 0 Å². The Morgan fingerprint density at radius 1 is 1.16 bits per heavy atom. The maximum Gasteiger partial charge on any atom is 0.265 e. The van der Waals surface area contributed by atoms with Gasteiger partial charge in [-0.25, -0.2) is 17.6 Å². The molecule has 0 fully saturated rings. The molecule has 0 saturated heterocycles. The van der Waals surface area contributed by atoms with E-state index < -0.39 is 26.0 Å². The van der Waals surface area contributed by atoms with Crippen LogP contribution in [0.25, 0.3) is 0 Å². The van der Waals surface area contributed by atoms with Crippen LogP contribution >= 0.6 is 0 Å². The van der Waals surface area contributed by atoms with Crippen LogP contribution in [0.15, 0.2) is 18.7 Å². The van der Waals surface area contributed by atoms with Crippen LogP contribution in [0.3, 0.4) is 0 Å². The molecule has 10 heteroatoms. The average molecular weight is 312 g/mol. The second-order valence-corrected chi connectivity index (χ2v) is 7.24. The zero-order valence-corrected chi connectivity index (χ0v) is 11.8. The Kier molecular flexibility index (Phi) is 5.47. The third-order valence-electron chi connectivity index (χ3n) is 2.38. The highest BCUT2D eigenvalue weighted by molar-refractivity contribution is 7.85. The van der Waals surface area contributed by atoms with Crippen molar-refractivity contribution in [1.29, 1.82) is 0 Å². The monoisotopic (exact) mass is 312 g/mol. The number of aromatic nitrogens is 2. The molecule has 0 saturated carbocycles. The molecule has 0 bridgehead atoms. The van der Waals surface area contributed by atoms with Crippen molar-refractivity contribution >= 4 is 20.2 Å². The molecule has 19 heavy (non-hydrogen) atoms. The van der Waals surface area contributed by atoms with Crippen molar-refractivity contribution in [2.24, 2.45) is 0 Å². The molecule has 0 radical (unpaired) electrons. The molecule has 8 nitrogen and oxygen atoms in total. The quantitative estimate of drug-likeness (QED) is 0.485. The minimum absolute atomic E-state index is 0.228. The third-order valence-corrected chi connectivity index (χ3v) is 3.97. The summed E-state index contributed by atoms with van der Waals surface area (Å²) in [6.07, 6.45) is 5.59. The van der Waals surface area contributed by atoms with Crippen LogP contribution in [0, 0.1) is 0 Å². The van der Waals surface area contributed by atoms with Crippen molar-refractivity contribution in [3.05, 3.63) is 18.7 Å². The van der Waals surface area contributed by atoms with E-state index in [1.54, 1.807) is 27.9 Å². The minimum atomic E-state index is -4.18. The lowest BCUT2D eigenvalue weighted by atomic mass is 10.5. The van der Waals surface area contributed by atoms with Gasteiger partial charge in [-0.2, -0.15) is 8.42 Å². The van der Waals surface area contributed by atoms with E-state index in [0.717, 1.165) is 0 Å². The Morgan fingerprint density at radius 2 is 1.84 bits per heavy atom. The number of hydrogen-bond donors (Lipinski definition) is 1. The van der Waals surface area contributed by atoms with E-state index in [1.165, 1.54) is 0 Å². The van der Waals surface area contributed by atoms with Crippen molar-refractivity contribution in [2.45, 2.75) is 25.9 Å². The normalized spacial score (nSPS) is 12.7. The molecule has 0 unspecified atom stereocenters. The summed E-state index contributed by atoms with van der Waals surface area (Å²) in [6.45, 7) is 0.819. The topological polar surface area (TPSA) is 120 Å². The van der Waals surface area contributed by atoms with E-state index in [1.807, 2.05) is 0 Å². The zero-order valence-electron chi connectivity index (χ0n) is 10.2. The first kappa shape index (κ1) is 16.1. The van der Waals surface area contributed by atoms with Gasteiger partial charge < -0.3 is 4.55 Å². The van der Waals surface area contributed by atoms with Crippen LogP contribution in [-0.2, 0) is 33.3 Å². The fourth-order valence-electron chi connectivity index (χ4n) is 1.56. The highest BCUT2D eigenvalue weighted by Gasteiger charge is 2.08.